The number of hydrogen-bond donors (Lipinski definition) is 0. The molecule has 0 saturated carbocycles. The molecular weight excluding hydrogens is 296 g/mol. The van der Waals surface area contributed by atoms with Gasteiger partial charge < -0.3 is 9.30 Å². The highest BCUT2D eigenvalue weighted by molar-refractivity contribution is 6.06. The van der Waals surface area contributed by atoms with Gasteiger partial charge in [-0.15, -0.1) is 0 Å². The number of rotatable bonds is 3. The average Bonchev–Trinajstić information content (AvgIpc) is 2.98. The molecule has 4 aromatic rings. The van der Waals surface area contributed by atoms with E-state index in [1.807, 2.05) is 18.3 Å². The second-order valence-electron chi connectivity index (χ2n) is 6.18. The smallest absolute Gasteiger partial charge is 0.145 e. The van der Waals surface area contributed by atoms with Gasteiger partial charge in [0.25, 0.3) is 0 Å². The van der Waals surface area contributed by atoms with Gasteiger partial charge in [-0.3, -0.25) is 4.98 Å². The maximum atomic E-state index is 5.50. The molecule has 0 radical (unpaired) electrons. The molecule has 0 aliphatic heterocycles. The molecule has 0 fully saturated rings. The number of pyridine rings is 1. The van der Waals surface area contributed by atoms with Gasteiger partial charge in [0.1, 0.15) is 11.3 Å². The van der Waals surface area contributed by atoms with Crippen LogP contribution >= 0.6 is 0 Å². The minimum Gasteiger partial charge on any atom is -0.494 e. The van der Waals surface area contributed by atoms with E-state index in [2.05, 4.69) is 66.0 Å². The molecule has 0 bridgehead atoms. The molecular formula is C21H20N2O. The predicted molar refractivity (Wildman–Crippen MR) is 98.8 cm³/mol. The first-order valence-corrected chi connectivity index (χ1v) is 8.18. The molecule has 3 nitrogen and oxygen atoms in total. The van der Waals surface area contributed by atoms with Crippen LogP contribution in [0.1, 0.15) is 24.1 Å². The van der Waals surface area contributed by atoms with Gasteiger partial charge in [-0.1, -0.05) is 42.5 Å². The molecule has 4 rings (SSSR count). The van der Waals surface area contributed by atoms with E-state index in [9.17, 15) is 0 Å². The second kappa shape index (κ2) is 5.68. The molecule has 3 heteroatoms. The summed E-state index contributed by atoms with van der Waals surface area (Å²) in [7, 11) is 1.69. The molecule has 0 amide bonds. The van der Waals surface area contributed by atoms with Crippen molar-refractivity contribution in [2.45, 2.75) is 19.9 Å². The van der Waals surface area contributed by atoms with Gasteiger partial charge in [-0.05, 0) is 31.0 Å². The summed E-state index contributed by atoms with van der Waals surface area (Å²) in [6.45, 7) is 4.38. The molecule has 2 heterocycles. The van der Waals surface area contributed by atoms with Gasteiger partial charge in [0.15, 0.2) is 0 Å². The number of aromatic nitrogens is 2. The Bertz CT molecular complexity index is 1020. The fraction of sp³-hybridized carbons (Fsp3) is 0.190. The Kier molecular flexibility index (Phi) is 3.49. The molecule has 0 saturated heterocycles. The van der Waals surface area contributed by atoms with Gasteiger partial charge in [-0.25, -0.2) is 0 Å². The zero-order chi connectivity index (χ0) is 16.7. The van der Waals surface area contributed by atoms with Crippen molar-refractivity contribution in [3.63, 3.8) is 0 Å². The van der Waals surface area contributed by atoms with Crippen LogP contribution in [-0.4, -0.2) is 16.7 Å². The van der Waals surface area contributed by atoms with Crippen molar-refractivity contribution >= 4 is 21.8 Å². The van der Waals surface area contributed by atoms with Crippen LogP contribution in [0.2, 0.25) is 0 Å². The quantitative estimate of drug-likeness (QED) is 0.525. The van der Waals surface area contributed by atoms with E-state index in [1.165, 1.54) is 22.0 Å². The van der Waals surface area contributed by atoms with E-state index in [4.69, 9.17) is 4.74 Å². The number of ether oxygens (including phenoxy) is 1. The maximum Gasteiger partial charge on any atom is 0.145 e. The summed E-state index contributed by atoms with van der Waals surface area (Å²) in [5.41, 5.74) is 4.66. The number of hydrogen-bond acceptors (Lipinski definition) is 2. The van der Waals surface area contributed by atoms with Gasteiger partial charge >= 0.3 is 0 Å². The summed E-state index contributed by atoms with van der Waals surface area (Å²) in [4.78, 5) is 4.65. The number of methoxy groups -OCH3 is 1. The lowest BCUT2D eigenvalue weighted by Gasteiger charge is -2.17. The summed E-state index contributed by atoms with van der Waals surface area (Å²) >= 11 is 0. The fourth-order valence-corrected chi connectivity index (χ4v) is 3.45. The first kappa shape index (κ1) is 14.8. The topological polar surface area (TPSA) is 27.1 Å². The second-order valence-corrected chi connectivity index (χ2v) is 6.18. The third-order valence-electron chi connectivity index (χ3n) is 4.77. The highest BCUT2D eigenvalue weighted by Crippen LogP contribution is 2.34. The Morgan fingerprint density at radius 1 is 1.00 bits per heavy atom. The van der Waals surface area contributed by atoms with Crippen molar-refractivity contribution in [2.75, 3.05) is 7.11 Å². The Balaban J connectivity index is 2.04. The Morgan fingerprint density at radius 2 is 1.79 bits per heavy atom. The molecule has 24 heavy (non-hydrogen) atoms. The molecule has 2 aromatic carbocycles. The Hall–Kier alpha value is -2.81. The lowest BCUT2D eigenvalue weighted by Crippen LogP contribution is -2.05. The Labute approximate surface area is 141 Å². The van der Waals surface area contributed by atoms with Crippen molar-refractivity contribution < 1.29 is 4.74 Å². The van der Waals surface area contributed by atoms with Crippen molar-refractivity contribution in [2.24, 2.45) is 0 Å². The molecule has 0 aliphatic carbocycles. The van der Waals surface area contributed by atoms with E-state index in [1.54, 1.807) is 7.11 Å². The number of aryl methyl sites for hydroxylation is 1. The van der Waals surface area contributed by atoms with Crippen molar-refractivity contribution in [3.8, 4) is 5.75 Å². The monoisotopic (exact) mass is 316 g/mol. The van der Waals surface area contributed by atoms with Crippen LogP contribution in [0.4, 0.5) is 0 Å². The summed E-state index contributed by atoms with van der Waals surface area (Å²) in [6, 6.07) is 17.0. The van der Waals surface area contributed by atoms with Crippen LogP contribution in [-0.2, 0) is 0 Å². The SMILES string of the molecule is COc1cccc2c1ncc1c(C)cn(C(C)c3ccccc3)c12. The first-order chi connectivity index (χ1) is 11.7. The summed E-state index contributed by atoms with van der Waals surface area (Å²) < 4.78 is 7.85. The third-order valence-corrected chi connectivity index (χ3v) is 4.77. The van der Waals surface area contributed by atoms with Crippen LogP contribution < -0.4 is 4.74 Å². The summed E-state index contributed by atoms with van der Waals surface area (Å²) in [6.07, 6.45) is 4.19. The van der Waals surface area contributed by atoms with E-state index in [0.29, 0.717) is 0 Å². The molecule has 120 valence electrons. The van der Waals surface area contributed by atoms with Crippen molar-refractivity contribution in [3.05, 3.63) is 72.1 Å². The van der Waals surface area contributed by atoms with Crippen LogP contribution in [0.25, 0.3) is 21.8 Å². The molecule has 1 unspecified atom stereocenters. The van der Waals surface area contributed by atoms with Crippen LogP contribution in [0.15, 0.2) is 60.9 Å². The van der Waals surface area contributed by atoms with Crippen molar-refractivity contribution in [1.29, 1.82) is 0 Å². The van der Waals surface area contributed by atoms with Gasteiger partial charge in [-0.2, -0.15) is 0 Å². The lowest BCUT2D eigenvalue weighted by atomic mass is 10.1. The minimum absolute atomic E-state index is 0.249. The standard InChI is InChI=1S/C21H20N2O/c1-14-13-23(15(2)16-8-5-4-6-9-16)21-17-10-7-11-19(24-3)20(17)22-12-18(14)21/h4-13,15H,1-3H3. The molecule has 1 atom stereocenters. The fourth-order valence-electron chi connectivity index (χ4n) is 3.45. The largest absolute Gasteiger partial charge is 0.494 e. The predicted octanol–water partition coefficient (Wildman–Crippen LogP) is 5.12. The van der Waals surface area contributed by atoms with E-state index in [-0.39, 0.29) is 6.04 Å². The van der Waals surface area contributed by atoms with E-state index in [0.717, 1.165) is 16.7 Å². The minimum atomic E-state index is 0.249. The number of para-hydroxylation sites is 1. The van der Waals surface area contributed by atoms with Crippen LogP contribution in [0, 0.1) is 6.92 Å². The lowest BCUT2D eigenvalue weighted by molar-refractivity contribution is 0.419. The van der Waals surface area contributed by atoms with Gasteiger partial charge in [0.2, 0.25) is 0 Å². The van der Waals surface area contributed by atoms with Crippen molar-refractivity contribution in [1.82, 2.24) is 9.55 Å². The number of nitrogens with zero attached hydrogens (tertiary/aromatic N) is 2. The third kappa shape index (κ3) is 2.16. The number of fused-ring (bicyclic) bond motifs is 3. The molecule has 2 aromatic heterocycles. The molecule has 0 N–H and O–H groups in total. The normalized spacial score (nSPS) is 12.6. The first-order valence-electron chi connectivity index (χ1n) is 8.18. The summed E-state index contributed by atoms with van der Waals surface area (Å²) in [5, 5.41) is 2.32. The Morgan fingerprint density at radius 3 is 2.54 bits per heavy atom. The highest BCUT2D eigenvalue weighted by Gasteiger charge is 2.16. The van der Waals surface area contributed by atoms with Gasteiger partial charge in [0.05, 0.1) is 18.7 Å². The highest BCUT2D eigenvalue weighted by atomic mass is 16.5. The van der Waals surface area contributed by atoms with E-state index < -0.39 is 0 Å². The molecule has 0 aliphatic rings. The van der Waals surface area contributed by atoms with Crippen LogP contribution in [0.5, 0.6) is 5.75 Å². The molecule has 0 spiro atoms. The average molecular weight is 316 g/mol. The van der Waals surface area contributed by atoms with Gasteiger partial charge in [0, 0.05) is 23.2 Å². The van der Waals surface area contributed by atoms with Crippen LogP contribution in [0.3, 0.4) is 0 Å². The number of benzene rings is 2. The maximum absolute atomic E-state index is 5.50. The zero-order valence-electron chi connectivity index (χ0n) is 14.2. The van der Waals surface area contributed by atoms with E-state index >= 15 is 0 Å². The zero-order valence-corrected chi connectivity index (χ0v) is 14.2. The summed E-state index contributed by atoms with van der Waals surface area (Å²) in [5.74, 6) is 0.812.